The van der Waals surface area contributed by atoms with Crippen molar-refractivity contribution in [2.24, 2.45) is 0 Å². The minimum Gasteiger partial charge on any atom is -0.452 e. The topological polar surface area (TPSA) is 97.8 Å². The first-order valence-corrected chi connectivity index (χ1v) is 11.9. The number of sulfone groups is 1. The average molecular weight is 442 g/mol. The second-order valence-electron chi connectivity index (χ2n) is 7.76. The van der Waals surface area contributed by atoms with Gasteiger partial charge < -0.3 is 9.64 Å². The number of rotatable bonds is 3. The number of nitrogens with zero attached hydrogens (tertiary/aromatic N) is 1. The summed E-state index contributed by atoms with van der Waals surface area (Å²) in [5.74, 6) is -1.47. The molecule has 31 heavy (non-hydrogen) atoms. The van der Waals surface area contributed by atoms with E-state index in [1.54, 1.807) is 17.0 Å². The van der Waals surface area contributed by atoms with Gasteiger partial charge in [-0.15, -0.1) is 0 Å². The molecule has 0 saturated carbocycles. The van der Waals surface area contributed by atoms with Gasteiger partial charge in [0, 0.05) is 24.2 Å². The number of likely N-dealkylation sites (tertiary alicyclic amines) is 1. The van der Waals surface area contributed by atoms with Crippen molar-refractivity contribution >= 4 is 27.5 Å². The Bertz CT molecular complexity index is 1150. The maximum Gasteiger partial charge on any atom is 0.338 e. The summed E-state index contributed by atoms with van der Waals surface area (Å²) in [5, 5.41) is 0. The lowest BCUT2D eigenvalue weighted by Crippen LogP contribution is -2.37. The molecule has 2 aromatic rings. The quantitative estimate of drug-likeness (QED) is 0.580. The van der Waals surface area contributed by atoms with Gasteiger partial charge in [0.15, 0.2) is 12.4 Å². The van der Waals surface area contributed by atoms with Gasteiger partial charge in [0.25, 0.3) is 5.91 Å². The Morgan fingerprint density at radius 2 is 1.52 bits per heavy atom. The van der Waals surface area contributed by atoms with Crippen LogP contribution in [0, 0.1) is 0 Å². The third-order valence-corrected chi connectivity index (χ3v) is 7.56. The van der Waals surface area contributed by atoms with Crippen LogP contribution in [0.25, 0.3) is 0 Å². The van der Waals surface area contributed by atoms with Crippen molar-refractivity contribution in [3.05, 3.63) is 59.2 Å². The van der Waals surface area contributed by atoms with E-state index in [0.29, 0.717) is 13.1 Å². The van der Waals surface area contributed by atoms with Crippen molar-refractivity contribution in [1.29, 1.82) is 0 Å². The number of benzene rings is 2. The number of fused-ring (bicyclic) bond motifs is 2. The van der Waals surface area contributed by atoms with Gasteiger partial charge in [0.2, 0.25) is 9.84 Å². The number of ether oxygens (including phenoxy) is 1. The normalized spacial score (nSPS) is 17.7. The van der Waals surface area contributed by atoms with E-state index in [9.17, 15) is 22.8 Å². The van der Waals surface area contributed by atoms with Gasteiger partial charge in [-0.2, -0.15) is 0 Å². The summed E-state index contributed by atoms with van der Waals surface area (Å²) in [7, 11) is -3.95. The second-order valence-corrected chi connectivity index (χ2v) is 9.65. The molecular formula is C23H23NO6S. The number of carbonyl (C=O) groups is 3. The Morgan fingerprint density at radius 1 is 0.871 bits per heavy atom. The summed E-state index contributed by atoms with van der Waals surface area (Å²) in [6.45, 7) is 0.897. The highest BCUT2D eigenvalue weighted by Crippen LogP contribution is 2.34. The Labute approximate surface area is 180 Å². The average Bonchev–Trinajstić information content (AvgIpc) is 2.75. The van der Waals surface area contributed by atoms with Gasteiger partial charge in [-0.05, 0) is 43.2 Å². The van der Waals surface area contributed by atoms with E-state index in [-0.39, 0.29) is 32.4 Å². The molecule has 0 N–H and O–H groups in total. The summed E-state index contributed by atoms with van der Waals surface area (Å²) < 4.78 is 31.1. The Hall–Kier alpha value is -3.00. The van der Waals surface area contributed by atoms with Crippen LogP contribution in [0.3, 0.4) is 0 Å². The summed E-state index contributed by atoms with van der Waals surface area (Å²) in [5.41, 5.74) is 0.117. The fraction of sp³-hybridized carbons (Fsp3) is 0.348. The standard InChI is InChI=1S/C23H23NO6S/c25-21(24-12-6-2-1-3-7-13-24)15-30-23(27)16-10-11-18-20(14-16)31(28,29)19-9-5-4-8-17(19)22(18)26/h4-5,8-11,14H,1-3,6-7,12-13,15H2. The van der Waals surface area contributed by atoms with E-state index < -0.39 is 28.2 Å². The molecule has 1 amide bonds. The van der Waals surface area contributed by atoms with Crippen molar-refractivity contribution in [3.8, 4) is 0 Å². The van der Waals surface area contributed by atoms with E-state index in [2.05, 4.69) is 0 Å². The largest absolute Gasteiger partial charge is 0.452 e. The highest BCUT2D eigenvalue weighted by molar-refractivity contribution is 7.91. The fourth-order valence-corrected chi connectivity index (χ4v) is 5.69. The first kappa shape index (κ1) is 21.2. The first-order chi connectivity index (χ1) is 14.9. The van der Waals surface area contributed by atoms with E-state index >= 15 is 0 Å². The van der Waals surface area contributed by atoms with Gasteiger partial charge in [-0.25, -0.2) is 13.2 Å². The van der Waals surface area contributed by atoms with Crippen LogP contribution in [0.15, 0.2) is 52.3 Å². The molecule has 1 saturated heterocycles. The zero-order chi connectivity index (χ0) is 22.0. The van der Waals surface area contributed by atoms with Gasteiger partial charge >= 0.3 is 5.97 Å². The SMILES string of the molecule is O=C(OCC(=O)N1CCCCCCC1)c1ccc2c(c1)S(=O)(=O)c1ccccc1C2=O. The van der Waals surface area contributed by atoms with Crippen LogP contribution in [-0.2, 0) is 19.4 Å². The number of amides is 1. The van der Waals surface area contributed by atoms with Gasteiger partial charge in [-0.3, -0.25) is 9.59 Å². The third kappa shape index (κ3) is 4.12. The first-order valence-electron chi connectivity index (χ1n) is 10.4. The van der Waals surface area contributed by atoms with Crippen molar-refractivity contribution in [2.45, 2.75) is 41.9 Å². The van der Waals surface area contributed by atoms with Crippen LogP contribution in [0.2, 0.25) is 0 Å². The number of esters is 1. The molecule has 0 unspecified atom stereocenters. The minimum atomic E-state index is -3.95. The molecule has 0 spiro atoms. The molecule has 162 valence electrons. The van der Waals surface area contributed by atoms with Crippen molar-refractivity contribution < 1.29 is 27.5 Å². The number of hydrogen-bond donors (Lipinski definition) is 0. The van der Waals surface area contributed by atoms with Crippen molar-refractivity contribution in [1.82, 2.24) is 4.90 Å². The molecule has 7 nitrogen and oxygen atoms in total. The molecule has 4 rings (SSSR count). The minimum absolute atomic E-state index is 0.0185. The van der Waals surface area contributed by atoms with Crippen LogP contribution in [0.4, 0.5) is 0 Å². The van der Waals surface area contributed by atoms with Crippen LogP contribution >= 0.6 is 0 Å². The molecule has 2 aliphatic heterocycles. The predicted octanol–water partition coefficient (Wildman–Crippen LogP) is 3.01. The van der Waals surface area contributed by atoms with Gasteiger partial charge in [-0.1, -0.05) is 31.4 Å². The molecule has 0 aliphatic carbocycles. The maximum atomic E-state index is 13.0. The molecule has 2 heterocycles. The second kappa shape index (κ2) is 8.63. The molecule has 0 bridgehead atoms. The van der Waals surface area contributed by atoms with Crippen LogP contribution in [0.1, 0.15) is 58.4 Å². The molecule has 0 aromatic heterocycles. The van der Waals surface area contributed by atoms with Gasteiger partial charge in [0.1, 0.15) is 0 Å². The lowest BCUT2D eigenvalue weighted by molar-refractivity contribution is -0.134. The number of ketones is 1. The van der Waals surface area contributed by atoms with E-state index in [1.807, 2.05) is 0 Å². The maximum absolute atomic E-state index is 13.0. The summed E-state index contributed by atoms with van der Waals surface area (Å²) in [6.07, 6.45) is 5.19. The molecule has 0 radical (unpaired) electrons. The monoisotopic (exact) mass is 441 g/mol. The summed E-state index contributed by atoms with van der Waals surface area (Å²) in [4.78, 5) is 39.0. The lowest BCUT2D eigenvalue weighted by Gasteiger charge is -2.24. The van der Waals surface area contributed by atoms with Gasteiger partial charge in [0.05, 0.1) is 15.4 Å². The Kier molecular flexibility index (Phi) is 5.91. The lowest BCUT2D eigenvalue weighted by atomic mass is 10.0. The van der Waals surface area contributed by atoms with Crippen LogP contribution < -0.4 is 0 Å². The highest BCUT2D eigenvalue weighted by Gasteiger charge is 2.35. The smallest absolute Gasteiger partial charge is 0.338 e. The Morgan fingerprint density at radius 3 is 2.26 bits per heavy atom. The van der Waals surface area contributed by atoms with Crippen LogP contribution in [0.5, 0.6) is 0 Å². The molecular weight excluding hydrogens is 418 g/mol. The van der Waals surface area contributed by atoms with E-state index in [4.69, 9.17) is 4.74 Å². The number of carbonyl (C=O) groups excluding carboxylic acids is 3. The number of hydrogen-bond acceptors (Lipinski definition) is 6. The zero-order valence-corrected chi connectivity index (χ0v) is 17.8. The predicted molar refractivity (Wildman–Crippen MR) is 112 cm³/mol. The van der Waals surface area contributed by atoms with Crippen molar-refractivity contribution in [3.63, 3.8) is 0 Å². The fourth-order valence-electron chi connectivity index (χ4n) is 4.01. The summed E-state index contributed by atoms with van der Waals surface area (Å²) in [6, 6.07) is 9.82. The Balaban J connectivity index is 1.51. The van der Waals surface area contributed by atoms with Crippen LogP contribution in [-0.4, -0.2) is 50.7 Å². The molecule has 8 heteroatoms. The molecule has 2 aliphatic rings. The molecule has 2 aromatic carbocycles. The zero-order valence-electron chi connectivity index (χ0n) is 17.0. The molecule has 1 fully saturated rings. The highest BCUT2D eigenvalue weighted by atomic mass is 32.2. The summed E-state index contributed by atoms with van der Waals surface area (Å²) >= 11 is 0. The third-order valence-electron chi connectivity index (χ3n) is 5.71. The van der Waals surface area contributed by atoms with E-state index in [0.717, 1.165) is 31.7 Å². The molecule has 0 atom stereocenters. The van der Waals surface area contributed by atoms with E-state index in [1.165, 1.54) is 30.7 Å². The van der Waals surface area contributed by atoms with Crippen molar-refractivity contribution in [2.75, 3.05) is 19.7 Å².